The van der Waals surface area contributed by atoms with Crippen molar-refractivity contribution in [3.63, 3.8) is 0 Å². The number of rotatable bonds is 0. The molecule has 0 aliphatic carbocycles. The van der Waals surface area contributed by atoms with Crippen molar-refractivity contribution in [1.82, 2.24) is 25.7 Å². The molecule has 2 aromatic rings. The van der Waals surface area contributed by atoms with Crippen molar-refractivity contribution in [3.8, 4) is 0 Å². The van der Waals surface area contributed by atoms with Gasteiger partial charge in [0.2, 0.25) is 5.65 Å². The summed E-state index contributed by atoms with van der Waals surface area (Å²) in [5.74, 6) is 0. The molecule has 6 heteroatoms. The molecule has 40 valence electrons. The van der Waals surface area contributed by atoms with Crippen LogP contribution in [0.3, 0.4) is 0 Å². The van der Waals surface area contributed by atoms with Crippen LogP contribution in [0.5, 0.6) is 0 Å². The Morgan fingerprint density at radius 2 is 2.38 bits per heavy atom. The van der Waals surface area contributed by atoms with Crippen molar-refractivity contribution in [1.29, 1.82) is 0 Å². The smallest absolute Gasteiger partial charge is 0.240 e. The molecule has 2 heterocycles. The quantitative estimate of drug-likeness (QED) is 0.488. The molecule has 0 aromatic carbocycles. The second-order valence-corrected chi connectivity index (χ2v) is 1.25. The average molecular weight is 111 g/mol. The Morgan fingerprint density at radius 3 is 3.25 bits per heavy atom. The molecule has 6 nitrogen and oxygen atoms in total. The van der Waals surface area contributed by atoms with Gasteiger partial charge in [-0.15, -0.1) is 5.10 Å². The van der Waals surface area contributed by atoms with Crippen molar-refractivity contribution < 1.29 is 4.63 Å². The van der Waals surface area contributed by atoms with E-state index in [1.165, 1.54) is 0 Å². The zero-order valence-electron chi connectivity index (χ0n) is 3.70. The molecule has 0 radical (unpaired) electrons. The predicted molar refractivity (Wildman–Crippen MR) is 21.7 cm³/mol. The summed E-state index contributed by atoms with van der Waals surface area (Å²) in [7, 11) is 0. The SMILES string of the molecule is n1nc2nonc2[nH]1. The molecule has 2 rings (SSSR count). The van der Waals surface area contributed by atoms with Gasteiger partial charge in [-0.05, 0) is 10.3 Å². The molecule has 8 heavy (non-hydrogen) atoms. The fourth-order valence-electron chi connectivity index (χ4n) is 0.440. The molecule has 0 fully saturated rings. The number of aromatic amines is 1. The first-order valence-corrected chi connectivity index (χ1v) is 1.96. The van der Waals surface area contributed by atoms with Gasteiger partial charge < -0.3 is 0 Å². The lowest BCUT2D eigenvalue weighted by atomic mass is 10.8. The van der Waals surface area contributed by atoms with E-state index in [9.17, 15) is 0 Å². The molecule has 0 saturated carbocycles. The van der Waals surface area contributed by atoms with Gasteiger partial charge >= 0.3 is 0 Å². The van der Waals surface area contributed by atoms with Crippen molar-refractivity contribution in [2.75, 3.05) is 0 Å². The fourth-order valence-corrected chi connectivity index (χ4v) is 0.440. The summed E-state index contributed by atoms with van der Waals surface area (Å²) in [4.78, 5) is 0. The van der Waals surface area contributed by atoms with Crippen LogP contribution in [-0.2, 0) is 0 Å². The van der Waals surface area contributed by atoms with Crippen LogP contribution in [0.25, 0.3) is 11.3 Å². The van der Waals surface area contributed by atoms with Crippen LogP contribution < -0.4 is 0 Å². The van der Waals surface area contributed by atoms with Gasteiger partial charge in [0, 0.05) is 0 Å². The molecule has 0 bridgehead atoms. The lowest BCUT2D eigenvalue weighted by Gasteiger charge is -1.57. The van der Waals surface area contributed by atoms with Gasteiger partial charge in [0.15, 0.2) is 0 Å². The first kappa shape index (κ1) is 3.53. The Kier molecular flexibility index (Phi) is 0.454. The minimum atomic E-state index is 0.407. The van der Waals surface area contributed by atoms with E-state index < -0.39 is 0 Å². The zero-order valence-corrected chi connectivity index (χ0v) is 3.70. The van der Waals surface area contributed by atoms with Crippen molar-refractivity contribution >= 4 is 11.3 Å². The van der Waals surface area contributed by atoms with Crippen molar-refractivity contribution in [2.45, 2.75) is 0 Å². The van der Waals surface area contributed by atoms with Gasteiger partial charge in [-0.25, -0.2) is 9.73 Å². The Bertz CT molecular complexity index is 232. The molecular weight excluding hydrogens is 110 g/mol. The molecule has 0 atom stereocenters. The Morgan fingerprint density at radius 1 is 1.38 bits per heavy atom. The number of fused-ring (bicyclic) bond motifs is 1. The van der Waals surface area contributed by atoms with Crippen LogP contribution >= 0.6 is 0 Å². The lowest BCUT2D eigenvalue weighted by Crippen LogP contribution is -1.68. The standard InChI is InChI=1S/C2HN5O/c3-1-2(4-7-3)6-8-5-1/h(H,3,4,5,6). The number of hydrogen-bond donors (Lipinski definition) is 1. The summed E-state index contributed by atoms with van der Waals surface area (Å²) in [6.07, 6.45) is 0. The third-order valence-corrected chi connectivity index (χ3v) is 0.772. The molecule has 2 aromatic heterocycles. The Labute approximate surface area is 42.8 Å². The first-order valence-electron chi connectivity index (χ1n) is 1.96. The molecular formula is C2HN5O. The van der Waals surface area contributed by atoms with Crippen LogP contribution in [0.2, 0.25) is 0 Å². The van der Waals surface area contributed by atoms with E-state index >= 15 is 0 Å². The van der Waals surface area contributed by atoms with Gasteiger partial charge in [0.05, 0.1) is 0 Å². The van der Waals surface area contributed by atoms with E-state index in [-0.39, 0.29) is 0 Å². The third kappa shape index (κ3) is 0.269. The Hall–Kier alpha value is -1.46. The van der Waals surface area contributed by atoms with E-state index in [0.717, 1.165) is 0 Å². The highest BCUT2D eigenvalue weighted by Gasteiger charge is 1.99. The van der Waals surface area contributed by atoms with E-state index in [1.807, 2.05) is 0 Å². The van der Waals surface area contributed by atoms with E-state index in [4.69, 9.17) is 0 Å². The van der Waals surface area contributed by atoms with Gasteiger partial charge in [0.25, 0.3) is 5.65 Å². The summed E-state index contributed by atoms with van der Waals surface area (Å²) < 4.78 is 4.27. The van der Waals surface area contributed by atoms with Gasteiger partial charge in [-0.3, -0.25) is 0 Å². The fraction of sp³-hybridized carbons (Fsp3) is 0. The molecule has 0 unspecified atom stereocenters. The van der Waals surface area contributed by atoms with E-state index in [1.54, 1.807) is 0 Å². The second kappa shape index (κ2) is 1.03. The van der Waals surface area contributed by atoms with E-state index in [2.05, 4.69) is 30.4 Å². The summed E-state index contributed by atoms with van der Waals surface area (Å²) >= 11 is 0. The number of hydrogen-bond acceptors (Lipinski definition) is 5. The van der Waals surface area contributed by atoms with Gasteiger partial charge in [0.1, 0.15) is 0 Å². The first-order chi connectivity index (χ1) is 3.97. The Balaban J connectivity index is 3.06. The zero-order chi connectivity index (χ0) is 5.40. The molecule has 0 spiro atoms. The molecule has 0 amide bonds. The highest BCUT2D eigenvalue weighted by atomic mass is 16.6. The summed E-state index contributed by atoms with van der Waals surface area (Å²) in [6, 6.07) is 0. The normalized spacial score (nSPS) is 10.5. The minimum absolute atomic E-state index is 0.407. The van der Waals surface area contributed by atoms with Crippen LogP contribution in [0.4, 0.5) is 0 Å². The molecule has 0 saturated heterocycles. The van der Waals surface area contributed by atoms with Crippen molar-refractivity contribution in [2.24, 2.45) is 0 Å². The largest absolute Gasteiger partial charge is 0.265 e. The van der Waals surface area contributed by atoms with Gasteiger partial charge in [-0.1, -0.05) is 5.21 Å². The maximum absolute atomic E-state index is 4.27. The summed E-state index contributed by atoms with van der Waals surface area (Å²) in [5, 5.41) is 16.2. The van der Waals surface area contributed by atoms with Crippen LogP contribution in [0.15, 0.2) is 4.63 Å². The number of aromatic nitrogens is 5. The molecule has 0 aliphatic rings. The van der Waals surface area contributed by atoms with Crippen LogP contribution in [0, 0.1) is 0 Å². The minimum Gasteiger partial charge on any atom is -0.240 e. The predicted octanol–water partition coefficient (Wildman–Crippen LogP) is -0.659. The maximum atomic E-state index is 4.27. The molecule has 1 N–H and O–H groups in total. The summed E-state index contributed by atoms with van der Waals surface area (Å²) in [6.45, 7) is 0. The number of H-pyrrole nitrogens is 1. The van der Waals surface area contributed by atoms with Gasteiger partial charge in [-0.2, -0.15) is 0 Å². The third-order valence-electron chi connectivity index (χ3n) is 0.772. The second-order valence-electron chi connectivity index (χ2n) is 1.25. The monoisotopic (exact) mass is 111 g/mol. The highest BCUT2D eigenvalue weighted by Crippen LogP contribution is 1.95. The number of nitrogens with zero attached hydrogens (tertiary/aromatic N) is 4. The van der Waals surface area contributed by atoms with Crippen molar-refractivity contribution in [3.05, 3.63) is 0 Å². The van der Waals surface area contributed by atoms with Crippen LogP contribution in [-0.4, -0.2) is 25.7 Å². The van der Waals surface area contributed by atoms with E-state index in [0.29, 0.717) is 11.3 Å². The highest BCUT2D eigenvalue weighted by molar-refractivity contribution is 5.60. The summed E-state index contributed by atoms with van der Waals surface area (Å²) in [5.41, 5.74) is 0.884. The van der Waals surface area contributed by atoms with Crippen LogP contribution in [0.1, 0.15) is 0 Å². The average Bonchev–Trinajstić information content (AvgIpc) is 2.15. The molecule has 0 aliphatic heterocycles. The lowest BCUT2D eigenvalue weighted by molar-refractivity contribution is 0.312. The maximum Gasteiger partial charge on any atom is 0.265 e. The number of nitrogens with one attached hydrogen (secondary N) is 1. The topological polar surface area (TPSA) is 80.5 Å².